The molecular formula is C14H20NO. The van der Waals surface area contributed by atoms with Crippen LogP contribution >= 0.6 is 0 Å². The van der Waals surface area contributed by atoms with Gasteiger partial charge in [0.05, 0.1) is 0 Å². The Morgan fingerprint density at radius 3 is 2.56 bits per heavy atom. The normalized spacial score (nSPS) is 19.4. The number of rotatable bonds is 3. The molecule has 1 unspecified atom stereocenters. The first-order chi connectivity index (χ1) is 7.77. The average Bonchev–Trinajstić information content (AvgIpc) is 2.33. The van der Waals surface area contributed by atoms with Crippen molar-refractivity contribution in [3.63, 3.8) is 0 Å². The Labute approximate surface area is 98.2 Å². The predicted molar refractivity (Wildman–Crippen MR) is 66.4 cm³/mol. The van der Waals surface area contributed by atoms with Gasteiger partial charge in [-0.1, -0.05) is 24.6 Å². The number of hydrogen-bond donors (Lipinski definition) is 0. The van der Waals surface area contributed by atoms with E-state index < -0.39 is 0 Å². The van der Waals surface area contributed by atoms with E-state index in [1.807, 2.05) is 24.3 Å². The minimum absolute atomic E-state index is 0.156. The van der Waals surface area contributed by atoms with Gasteiger partial charge in [-0.15, -0.1) is 0 Å². The molecule has 1 aliphatic rings. The molecule has 16 heavy (non-hydrogen) atoms. The molecule has 1 atom stereocenters. The lowest BCUT2D eigenvalue weighted by molar-refractivity contribution is 0.0259. The zero-order chi connectivity index (χ0) is 11.4. The highest BCUT2D eigenvalue weighted by Gasteiger charge is 2.17. The van der Waals surface area contributed by atoms with E-state index in [0.29, 0.717) is 0 Å². The number of hydrogen-bond acceptors (Lipinski definition) is 2. The van der Waals surface area contributed by atoms with Gasteiger partial charge in [-0.3, -0.25) is 4.90 Å². The second-order valence-electron chi connectivity index (χ2n) is 4.42. The van der Waals surface area contributed by atoms with Gasteiger partial charge in [0.25, 0.3) is 0 Å². The Morgan fingerprint density at radius 1 is 1.19 bits per heavy atom. The van der Waals surface area contributed by atoms with Crippen LogP contribution in [0.3, 0.4) is 0 Å². The monoisotopic (exact) mass is 218 g/mol. The molecular weight excluding hydrogens is 198 g/mol. The Balaban J connectivity index is 1.96. The molecule has 1 fully saturated rings. The third-order valence-electron chi connectivity index (χ3n) is 3.18. The molecule has 1 saturated heterocycles. The summed E-state index contributed by atoms with van der Waals surface area (Å²) in [4.78, 5) is 2.40. The van der Waals surface area contributed by atoms with Gasteiger partial charge in [-0.2, -0.15) is 0 Å². The SMILES string of the molecule is [CH2]c1ccccc1OC(C)N1CCCCC1. The van der Waals surface area contributed by atoms with Crippen LogP contribution in [0.4, 0.5) is 0 Å². The van der Waals surface area contributed by atoms with E-state index in [1.165, 1.54) is 19.3 Å². The van der Waals surface area contributed by atoms with Crippen molar-refractivity contribution in [2.45, 2.75) is 32.4 Å². The fourth-order valence-electron chi connectivity index (χ4n) is 2.16. The van der Waals surface area contributed by atoms with Crippen LogP contribution in [-0.4, -0.2) is 24.2 Å². The number of nitrogens with zero attached hydrogens (tertiary/aromatic N) is 1. The van der Waals surface area contributed by atoms with Crippen molar-refractivity contribution >= 4 is 0 Å². The Bertz CT molecular complexity index is 331. The van der Waals surface area contributed by atoms with E-state index in [4.69, 9.17) is 4.74 Å². The predicted octanol–water partition coefficient (Wildman–Crippen LogP) is 3.08. The van der Waals surface area contributed by atoms with Crippen LogP contribution in [0.5, 0.6) is 5.75 Å². The molecule has 1 aliphatic heterocycles. The zero-order valence-corrected chi connectivity index (χ0v) is 9.98. The van der Waals surface area contributed by atoms with Crippen molar-refractivity contribution in [3.8, 4) is 5.75 Å². The highest BCUT2D eigenvalue weighted by atomic mass is 16.5. The zero-order valence-electron chi connectivity index (χ0n) is 9.98. The van der Waals surface area contributed by atoms with E-state index in [1.54, 1.807) is 0 Å². The number of ether oxygens (including phenoxy) is 1. The Morgan fingerprint density at radius 2 is 1.88 bits per heavy atom. The molecule has 0 N–H and O–H groups in total. The minimum atomic E-state index is 0.156. The smallest absolute Gasteiger partial charge is 0.149 e. The number of likely N-dealkylation sites (tertiary alicyclic amines) is 1. The molecule has 1 aromatic rings. The van der Waals surface area contributed by atoms with Crippen molar-refractivity contribution in [3.05, 3.63) is 36.8 Å². The minimum Gasteiger partial charge on any atom is -0.475 e. The van der Waals surface area contributed by atoms with Crippen LogP contribution in [0.25, 0.3) is 0 Å². The van der Waals surface area contributed by atoms with Crippen LogP contribution < -0.4 is 4.74 Å². The molecule has 2 nitrogen and oxygen atoms in total. The van der Waals surface area contributed by atoms with Crippen LogP contribution in [-0.2, 0) is 0 Å². The van der Waals surface area contributed by atoms with E-state index in [2.05, 4.69) is 18.7 Å². The number of benzene rings is 1. The molecule has 0 amide bonds. The molecule has 0 spiro atoms. The largest absolute Gasteiger partial charge is 0.475 e. The lowest BCUT2D eigenvalue weighted by Crippen LogP contribution is -2.40. The summed E-state index contributed by atoms with van der Waals surface area (Å²) in [5.74, 6) is 0.903. The average molecular weight is 218 g/mol. The topological polar surface area (TPSA) is 12.5 Å². The van der Waals surface area contributed by atoms with Gasteiger partial charge in [-0.25, -0.2) is 0 Å². The highest BCUT2D eigenvalue weighted by Crippen LogP contribution is 2.20. The summed E-state index contributed by atoms with van der Waals surface area (Å²) in [6, 6.07) is 7.95. The maximum atomic E-state index is 5.95. The van der Waals surface area contributed by atoms with Crippen molar-refractivity contribution < 1.29 is 4.74 Å². The van der Waals surface area contributed by atoms with Crippen molar-refractivity contribution in [2.75, 3.05) is 13.1 Å². The third-order valence-corrected chi connectivity index (χ3v) is 3.18. The molecule has 0 aliphatic carbocycles. The summed E-state index contributed by atoms with van der Waals surface area (Å²) in [6.07, 6.45) is 4.09. The number of piperidine rings is 1. The highest BCUT2D eigenvalue weighted by molar-refractivity contribution is 5.35. The van der Waals surface area contributed by atoms with Gasteiger partial charge >= 0.3 is 0 Å². The molecule has 2 rings (SSSR count). The lowest BCUT2D eigenvalue weighted by Gasteiger charge is -2.32. The van der Waals surface area contributed by atoms with Crippen LogP contribution in [0, 0.1) is 6.92 Å². The first kappa shape index (κ1) is 11.5. The fraction of sp³-hybridized carbons (Fsp3) is 0.500. The second kappa shape index (κ2) is 5.35. The van der Waals surface area contributed by atoms with E-state index in [9.17, 15) is 0 Å². The van der Waals surface area contributed by atoms with Gasteiger partial charge in [0.2, 0.25) is 0 Å². The van der Waals surface area contributed by atoms with E-state index in [0.717, 1.165) is 24.4 Å². The standard InChI is InChI=1S/C14H20NO/c1-12-8-4-5-9-14(12)16-13(2)15-10-6-3-7-11-15/h4-5,8-9,13H,1,3,6-7,10-11H2,2H3. The quantitative estimate of drug-likeness (QED) is 0.773. The summed E-state index contributed by atoms with van der Waals surface area (Å²) in [5, 5.41) is 0. The van der Waals surface area contributed by atoms with Gasteiger partial charge < -0.3 is 4.74 Å². The second-order valence-corrected chi connectivity index (χ2v) is 4.42. The van der Waals surface area contributed by atoms with Gasteiger partial charge in [0.15, 0.2) is 0 Å². The van der Waals surface area contributed by atoms with Crippen molar-refractivity contribution in [1.82, 2.24) is 4.90 Å². The van der Waals surface area contributed by atoms with Gasteiger partial charge in [0, 0.05) is 13.1 Å². The summed E-state index contributed by atoms with van der Waals surface area (Å²) in [6.45, 7) is 8.40. The summed E-state index contributed by atoms with van der Waals surface area (Å²) < 4.78 is 5.95. The maximum absolute atomic E-state index is 5.95. The molecule has 1 heterocycles. The van der Waals surface area contributed by atoms with Gasteiger partial charge in [-0.05, 0) is 38.3 Å². The Hall–Kier alpha value is -1.02. The first-order valence-corrected chi connectivity index (χ1v) is 6.09. The molecule has 2 heteroatoms. The lowest BCUT2D eigenvalue weighted by atomic mass is 10.1. The van der Waals surface area contributed by atoms with Crippen LogP contribution in [0.2, 0.25) is 0 Å². The molecule has 1 radical (unpaired) electrons. The van der Waals surface area contributed by atoms with Crippen molar-refractivity contribution in [1.29, 1.82) is 0 Å². The van der Waals surface area contributed by atoms with Crippen molar-refractivity contribution in [2.24, 2.45) is 0 Å². The van der Waals surface area contributed by atoms with Crippen LogP contribution in [0.1, 0.15) is 31.7 Å². The molecule has 87 valence electrons. The molecule has 0 bridgehead atoms. The van der Waals surface area contributed by atoms with Crippen LogP contribution in [0.15, 0.2) is 24.3 Å². The fourth-order valence-corrected chi connectivity index (χ4v) is 2.16. The maximum Gasteiger partial charge on any atom is 0.149 e. The third kappa shape index (κ3) is 2.76. The summed E-state index contributed by atoms with van der Waals surface area (Å²) in [7, 11) is 0. The molecule has 0 saturated carbocycles. The molecule has 0 aromatic heterocycles. The molecule has 1 aromatic carbocycles. The van der Waals surface area contributed by atoms with E-state index in [-0.39, 0.29) is 6.23 Å². The summed E-state index contributed by atoms with van der Waals surface area (Å²) in [5.41, 5.74) is 0.964. The summed E-state index contributed by atoms with van der Waals surface area (Å²) >= 11 is 0. The first-order valence-electron chi connectivity index (χ1n) is 6.09. The van der Waals surface area contributed by atoms with Gasteiger partial charge in [0.1, 0.15) is 12.0 Å². The number of para-hydroxylation sites is 1. The Kier molecular flexibility index (Phi) is 3.83. The van der Waals surface area contributed by atoms with E-state index >= 15 is 0 Å².